The highest BCUT2D eigenvalue weighted by Crippen LogP contribution is 2.44. The zero-order valence-electron chi connectivity index (χ0n) is 12.6. The molecule has 25 heavy (non-hydrogen) atoms. The second kappa shape index (κ2) is 5.34. The third kappa shape index (κ3) is 2.26. The minimum absolute atomic E-state index is 0.112. The average molecular weight is 335 g/mol. The molecule has 1 heterocycles. The van der Waals surface area contributed by atoms with Gasteiger partial charge in [0.1, 0.15) is 5.69 Å². The highest BCUT2D eigenvalue weighted by molar-refractivity contribution is 6.04. The lowest BCUT2D eigenvalue weighted by Gasteiger charge is -2.23. The zero-order chi connectivity index (χ0) is 17.6. The molecule has 3 aromatic carbocycles. The minimum atomic E-state index is -0.676. The number of non-ortho nitro benzene ring substituents is 1. The van der Waals surface area contributed by atoms with Crippen LogP contribution < -0.4 is 5.01 Å². The van der Waals surface area contributed by atoms with Crippen molar-refractivity contribution >= 4 is 39.2 Å². The lowest BCUT2D eigenvalue weighted by Crippen LogP contribution is -2.12. The van der Waals surface area contributed by atoms with E-state index in [0.717, 1.165) is 16.8 Å². The fourth-order valence-electron chi connectivity index (χ4n) is 2.83. The molecule has 0 bridgehead atoms. The summed E-state index contributed by atoms with van der Waals surface area (Å²) in [7, 11) is 0. The van der Waals surface area contributed by atoms with Crippen molar-refractivity contribution in [1.29, 1.82) is 0 Å². The van der Waals surface area contributed by atoms with Crippen LogP contribution in [0.5, 0.6) is 0 Å². The molecule has 4 rings (SSSR count). The molecule has 0 fully saturated rings. The fourth-order valence-corrected chi connectivity index (χ4v) is 2.83. The second-order valence-corrected chi connectivity index (χ2v) is 5.34. The van der Waals surface area contributed by atoms with Gasteiger partial charge < -0.3 is 0 Å². The summed E-state index contributed by atoms with van der Waals surface area (Å²) in [5, 5.41) is 33.6. The number of nitro benzene ring substituents is 2. The molecule has 9 nitrogen and oxygen atoms in total. The Labute approximate surface area is 140 Å². The molecule has 9 heteroatoms. The van der Waals surface area contributed by atoms with Gasteiger partial charge in [0.25, 0.3) is 5.69 Å². The van der Waals surface area contributed by atoms with E-state index in [-0.39, 0.29) is 11.4 Å². The molecule has 3 aromatic rings. The van der Waals surface area contributed by atoms with Gasteiger partial charge in [-0.3, -0.25) is 20.2 Å². The SMILES string of the molecule is O=[N+]([O-])c1ccc(N2N=Nc3cccc4cccc2c34)c([N+](=O)[O-])c1. The Kier molecular flexibility index (Phi) is 3.14. The maximum atomic E-state index is 11.4. The van der Waals surface area contributed by atoms with E-state index in [2.05, 4.69) is 10.3 Å². The van der Waals surface area contributed by atoms with E-state index < -0.39 is 15.5 Å². The van der Waals surface area contributed by atoms with Gasteiger partial charge >= 0.3 is 5.69 Å². The molecular formula is C16H9N5O4. The quantitative estimate of drug-likeness (QED) is 0.503. The molecular weight excluding hydrogens is 326 g/mol. The van der Waals surface area contributed by atoms with E-state index in [1.54, 1.807) is 12.1 Å². The van der Waals surface area contributed by atoms with Gasteiger partial charge in [-0.2, -0.15) is 0 Å². The molecule has 0 N–H and O–H groups in total. The number of nitrogens with zero attached hydrogens (tertiary/aromatic N) is 5. The average Bonchev–Trinajstić information content (AvgIpc) is 2.62. The molecule has 0 amide bonds. The topological polar surface area (TPSA) is 114 Å². The Morgan fingerprint density at radius 1 is 0.880 bits per heavy atom. The van der Waals surface area contributed by atoms with E-state index in [9.17, 15) is 20.2 Å². The van der Waals surface area contributed by atoms with Crippen molar-refractivity contribution in [3.05, 3.63) is 74.8 Å². The molecule has 0 aliphatic carbocycles. The highest BCUT2D eigenvalue weighted by atomic mass is 16.6. The van der Waals surface area contributed by atoms with Gasteiger partial charge in [-0.25, -0.2) is 5.01 Å². The summed E-state index contributed by atoms with van der Waals surface area (Å²) in [5.41, 5.74) is 0.628. The lowest BCUT2D eigenvalue weighted by molar-refractivity contribution is -0.393. The summed E-state index contributed by atoms with van der Waals surface area (Å²) in [6.07, 6.45) is 0. The molecule has 0 unspecified atom stereocenters. The molecule has 0 spiro atoms. The predicted molar refractivity (Wildman–Crippen MR) is 90.4 cm³/mol. The maximum absolute atomic E-state index is 11.4. The van der Waals surface area contributed by atoms with E-state index in [4.69, 9.17) is 0 Å². The van der Waals surface area contributed by atoms with Crippen LogP contribution in [0.4, 0.5) is 28.4 Å². The van der Waals surface area contributed by atoms with Crippen LogP contribution >= 0.6 is 0 Å². The molecule has 0 saturated heterocycles. The number of benzene rings is 3. The van der Waals surface area contributed by atoms with Crippen molar-refractivity contribution in [3.8, 4) is 0 Å². The largest absolute Gasteiger partial charge is 0.301 e. The van der Waals surface area contributed by atoms with Gasteiger partial charge in [-0.1, -0.05) is 29.5 Å². The van der Waals surface area contributed by atoms with Gasteiger partial charge in [0.05, 0.1) is 27.3 Å². The number of rotatable bonds is 3. The van der Waals surface area contributed by atoms with Crippen molar-refractivity contribution in [1.82, 2.24) is 0 Å². The summed E-state index contributed by atoms with van der Waals surface area (Å²) in [4.78, 5) is 21.0. The first-order chi connectivity index (χ1) is 12.1. The van der Waals surface area contributed by atoms with Crippen LogP contribution in [0.2, 0.25) is 0 Å². The Bertz CT molecular complexity index is 1070. The van der Waals surface area contributed by atoms with Crippen molar-refractivity contribution in [2.24, 2.45) is 10.3 Å². The molecule has 122 valence electrons. The number of hydrogen-bond acceptors (Lipinski definition) is 7. The van der Waals surface area contributed by atoms with Crippen LogP contribution in [-0.4, -0.2) is 9.85 Å². The van der Waals surface area contributed by atoms with Crippen LogP contribution in [0.1, 0.15) is 0 Å². The highest BCUT2D eigenvalue weighted by Gasteiger charge is 2.27. The zero-order valence-corrected chi connectivity index (χ0v) is 12.6. The Balaban J connectivity index is 1.95. The summed E-state index contributed by atoms with van der Waals surface area (Å²) in [6.45, 7) is 0. The smallest absolute Gasteiger partial charge is 0.258 e. The van der Waals surface area contributed by atoms with Crippen molar-refractivity contribution in [2.75, 3.05) is 5.01 Å². The van der Waals surface area contributed by atoms with E-state index in [1.807, 2.05) is 24.3 Å². The summed E-state index contributed by atoms with van der Waals surface area (Å²) >= 11 is 0. The standard InChI is InChI=1S/C16H9N5O4/c22-20(23)11-7-8-13(15(9-11)21(24)25)19-14-6-2-4-10-3-1-5-12(16(10)14)17-18-19/h1-9H. The van der Waals surface area contributed by atoms with Gasteiger partial charge in [0.15, 0.2) is 0 Å². The summed E-state index contributed by atoms with van der Waals surface area (Å²) in [6, 6.07) is 14.5. The van der Waals surface area contributed by atoms with Crippen molar-refractivity contribution in [2.45, 2.75) is 0 Å². The van der Waals surface area contributed by atoms with E-state index >= 15 is 0 Å². The van der Waals surface area contributed by atoms with Crippen LogP contribution in [-0.2, 0) is 0 Å². The maximum Gasteiger partial charge on any atom is 0.301 e. The monoisotopic (exact) mass is 335 g/mol. The molecule has 0 aromatic heterocycles. The Morgan fingerprint density at radius 2 is 1.64 bits per heavy atom. The van der Waals surface area contributed by atoms with Gasteiger partial charge in [-0.05, 0) is 23.6 Å². The molecule has 0 saturated carbocycles. The van der Waals surface area contributed by atoms with Gasteiger partial charge in [0, 0.05) is 11.5 Å². The van der Waals surface area contributed by atoms with Crippen molar-refractivity contribution in [3.63, 3.8) is 0 Å². The first-order valence-electron chi connectivity index (χ1n) is 7.22. The first kappa shape index (κ1) is 14.7. The number of nitro groups is 2. The lowest BCUT2D eigenvalue weighted by atomic mass is 10.1. The normalized spacial score (nSPS) is 12.4. The van der Waals surface area contributed by atoms with E-state index in [0.29, 0.717) is 11.4 Å². The van der Waals surface area contributed by atoms with Crippen LogP contribution in [0, 0.1) is 20.2 Å². The molecule has 1 aliphatic rings. The van der Waals surface area contributed by atoms with Crippen LogP contribution in [0.25, 0.3) is 10.8 Å². The number of anilines is 2. The minimum Gasteiger partial charge on any atom is -0.258 e. The molecule has 1 aliphatic heterocycles. The third-order valence-corrected chi connectivity index (χ3v) is 3.93. The Hall–Kier alpha value is -3.88. The van der Waals surface area contributed by atoms with Gasteiger partial charge in [-0.15, -0.1) is 5.11 Å². The Morgan fingerprint density at radius 3 is 2.36 bits per heavy atom. The predicted octanol–water partition coefficient (Wildman–Crippen LogP) is 4.81. The first-order valence-corrected chi connectivity index (χ1v) is 7.22. The van der Waals surface area contributed by atoms with Gasteiger partial charge in [0.2, 0.25) is 0 Å². The summed E-state index contributed by atoms with van der Waals surface area (Å²) in [5.74, 6) is 0. The third-order valence-electron chi connectivity index (χ3n) is 3.93. The van der Waals surface area contributed by atoms with Crippen LogP contribution in [0.15, 0.2) is 64.9 Å². The summed E-state index contributed by atoms with van der Waals surface area (Å²) < 4.78 is 0. The van der Waals surface area contributed by atoms with E-state index in [1.165, 1.54) is 17.1 Å². The molecule has 0 atom stereocenters. The fraction of sp³-hybridized carbons (Fsp3) is 0. The van der Waals surface area contributed by atoms with Crippen molar-refractivity contribution < 1.29 is 9.85 Å². The van der Waals surface area contributed by atoms with Crippen LogP contribution in [0.3, 0.4) is 0 Å². The molecule has 0 radical (unpaired) electrons. The number of hydrogen-bond donors (Lipinski definition) is 0. The second-order valence-electron chi connectivity index (χ2n) is 5.34.